The van der Waals surface area contributed by atoms with Crippen LogP contribution in [-0.4, -0.2) is 18.3 Å². The largest absolute Gasteiger partial charge is 0.486 e. The smallest absolute Gasteiger partial charge is 0.400 e. The average molecular weight is 471 g/mol. The van der Waals surface area contributed by atoms with Crippen LogP contribution in [0.3, 0.4) is 0 Å². The number of rotatable bonds is 2. The molecule has 3 rings (SSSR count). The minimum atomic E-state index is -0.250. The monoisotopic (exact) mass is 470 g/mol. The first kappa shape index (κ1) is 26.4. The fraction of sp³-hybridized carbons (Fsp3) is 0.385. The zero-order chi connectivity index (χ0) is 23.1. The lowest BCUT2D eigenvalue weighted by Crippen LogP contribution is -2.41. The maximum Gasteiger partial charge on any atom is 0.486 e. The van der Waals surface area contributed by atoms with Crippen molar-refractivity contribution in [2.75, 3.05) is 0 Å². The SMILES string of the molecule is C=CB1OC(C)(C)C(C)(C)O1.C=Cc1cc(C)cc(C)c1.Cc1cc(C)cc(Br)c1. The van der Waals surface area contributed by atoms with Crippen LogP contribution in [0, 0.1) is 27.7 Å². The van der Waals surface area contributed by atoms with Crippen molar-refractivity contribution in [3.63, 3.8) is 0 Å². The van der Waals surface area contributed by atoms with E-state index >= 15 is 0 Å². The molecular formula is C26H36BBrO2. The van der Waals surface area contributed by atoms with Crippen molar-refractivity contribution in [3.8, 4) is 0 Å². The molecule has 1 saturated heterocycles. The number of halogens is 1. The molecule has 1 heterocycles. The Labute approximate surface area is 192 Å². The first-order valence-corrected chi connectivity index (χ1v) is 11.0. The Bertz CT molecular complexity index is 785. The Morgan fingerprint density at radius 1 is 0.733 bits per heavy atom. The molecule has 0 N–H and O–H groups in total. The van der Waals surface area contributed by atoms with Crippen molar-refractivity contribution in [3.05, 3.63) is 87.8 Å². The molecule has 30 heavy (non-hydrogen) atoms. The summed E-state index contributed by atoms with van der Waals surface area (Å²) in [6.45, 7) is 23.8. The molecule has 1 aliphatic rings. The summed E-state index contributed by atoms with van der Waals surface area (Å²) in [5.74, 6) is 1.68. The Morgan fingerprint density at radius 2 is 1.10 bits per heavy atom. The van der Waals surface area contributed by atoms with Crippen LogP contribution in [0.25, 0.3) is 6.08 Å². The third-order valence-electron chi connectivity index (χ3n) is 5.13. The first-order valence-electron chi connectivity index (χ1n) is 10.2. The Kier molecular flexibility index (Phi) is 9.80. The van der Waals surface area contributed by atoms with Gasteiger partial charge in [-0.05, 0) is 84.2 Å². The van der Waals surface area contributed by atoms with E-state index in [1.165, 1.54) is 32.3 Å². The van der Waals surface area contributed by atoms with Gasteiger partial charge in [-0.1, -0.05) is 70.0 Å². The van der Waals surface area contributed by atoms with Gasteiger partial charge in [-0.2, -0.15) is 0 Å². The van der Waals surface area contributed by atoms with E-state index in [0.717, 1.165) is 0 Å². The third kappa shape index (κ3) is 8.25. The second-order valence-corrected chi connectivity index (χ2v) is 9.71. The minimum absolute atomic E-state index is 0.230. The van der Waals surface area contributed by atoms with Gasteiger partial charge < -0.3 is 9.31 Å². The van der Waals surface area contributed by atoms with Crippen LogP contribution < -0.4 is 0 Å². The summed E-state index contributed by atoms with van der Waals surface area (Å²) in [4.78, 5) is 0. The molecule has 0 aromatic heterocycles. The fourth-order valence-corrected chi connectivity index (χ4v) is 3.75. The van der Waals surface area contributed by atoms with E-state index < -0.39 is 0 Å². The Morgan fingerprint density at radius 3 is 1.37 bits per heavy atom. The lowest BCUT2D eigenvalue weighted by atomic mass is 9.90. The van der Waals surface area contributed by atoms with Gasteiger partial charge >= 0.3 is 7.12 Å². The predicted octanol–water partition coefficient (Wildman–Crippen LogP) is 7.82. The van der Waals surface area contributed by atoms with Gasteiger partial charge in [0.15, 0.2) is 0 Å². The molecule has 2 nitrogen and oxygen atoms in total. The molecule has 4 heteroatoms. The number of aryl methyl sites for hydroxylation is 4. The van der Waals surface area contributed by atoms with Crippen molar-refractivity contribution in [1.29, 1.82) is 0 Å². The predicted molar refractivity (Wildman–Crippen MR) is 136 cm³/mol. The highest BCUT2D eigenvalue weighted by Crippen LogP contribution is 2.36. The van der Waals surface area contributed by atoms with Crippen molar-refractivity contribution >= 4 is 29.1 Å². The molecule has 0 atom stereocenters. The van der Waals surface area contributed by atoms with E-state index in [2.05, 4.69) is 93.2 Å². The van der Waals surface area contributed by atoms with E-state index in [0.29, 0.717) is 0 Å². The molecule has 2 aromatic carbocycles. The fourth-order valence-electron chi connectivity index (χ4n) is 3.03. The van der Waals surface area contributed by atoms with Gasteiger partial charge in [0.05, 0.1) is 11.2 Å². The van der Waals surface area contributed by atoms with Crippen LogP contribution in [-0.2, 0) is 9.31 Å². The van der Waals surface area contributed by atoms with E-state index in [1.54, 1.807) is 5.98 Å². The molecule has 162 valence electrons. The summed E-state index contributed by atoms with van der Waals surface area (Å²) < 4.78 is 12.3. The van der Waals surface area contributed by atoms with Crippen molar-refractivity contribution < 1.29 is 9.31 Å². The first-order chi connectivity index (χ1) is 13.8. The molecule has 0 saturated carbocycles. The molecule has 0 spiro atoms. The van der Waals surface area contributed by atoms with Gasteiger partial charge in [0.2, 0.25) is 0 Å². The van der Waals surface area contributed by atoms with Crippen molar-refractivity contribution in [2.24, 2.45) is 0 Å². The van der Waals surface area contributed by atoms with Crippen LogP contribution in [0.5, 0.6) is 0 Å². The van der Waals surface area contributed by atoms with E-state index in [-0.39, 0.29) is 18.3 Å². The molecule has 0 amide bonds. The third-order valence-corrected chi connectivity index (χ3v) is 5.59. The maximum absolute atomic E-state index is 5.57. The average Bonchev–Trinajstić information content (AvgIpc) is 2.81. The van der Waals surface area contributed by atoms with Gasteiger partial charge in [-0.25, -0.2) is 0 Å². The molecule has 0 bridgehead atoms. The van der Waals surface area contributed by atoms with Gasteiger partial charge in [0.1, 0.15) is 0 Å². The van der Waals surface area contributed by atoms with E-state index in [4.69, 9.17) is 9.31 Å². The Hall–Kier alpha value is -1.62. The zero-order valence-corrected chi connectivity index (χ0v) is 21.4. The van der Waals surface area contributed by atoms with Crippen molar-refractivity contribution in [1.82, 2.24) is 0 Å². The number of hydrogen-bond acceptors (Lipinski definition) is 2. The van der Waals surface area contributed by atoms with E-state index in [9.17, 15) is 0 Å². The highest BCUT2D eigenvalue weighted by molar-refractivity contribution is 9.10. The van der Waals surface area contributed by atoms with E-state index in [1.807, 2.05) is 33.8 Å². The molecule has 0 aliphatic carbocycles. The van der Waals surface area contributed by atoms with Crippen molar-refractivity contribution in [2.45, 2.75) is 66.6 Å². The van der Waals surface area contributed by atoms with Crippen LogP contribution >= 0.6 is 15.9 Å². The number of hydrogen-bond donors (Lipinski definition) is 0. The van der Waals surface area contributed by atoms with Gasteiger partial charge in [-0.3, -0.25) is 0 Å². The second kappa shape index (κ2) is 11.1. The lowest BCUT2D eigenvalue weighted by molar-refractivity contribution is 0.00578. The minimum Gasteiger partial charge on any atom is -0.400 e. The second-order valence-electron chi connectivity index (χ2n) is 8.79. The summed E-state index contributed by atoms with van der Waals surface area (Å²) in [6.07, 6.45) is 1.88. The molecule has 1 aliphatic heterocycles. The van der Waals surface area contributed by atoms with Gasteiger partial charge in [-0.15, -0.1) is 6.58 Å². The van der Waals surface area contributed by atoms with Crippen LogP contribution in [0.4, 0.5) is 0 Å². The topological polar surface area (TPSA) is 18.5 Å². The zero-order valence-electron chi connectivity index (χ0n) is 19.8. The van der Waals surface area contributed by atoms with Crippen LogP contribution in [0.15, 0.2) is 60.0 Å². The maximum atomic E-state index is 5.57. The van der Waals surface area contributed by atoms with Crippen LogP contribution in [0.1, 0.15) is 55.5 Å². The molecular weight excluding hydrogens is 435 g/mol. The standard InChI is InChI=1S/C10H12.C8H15BO2.C8H9Br/c1-4-10-6-8(2)5-9(3)7-10;1-6-9-10-7(2,3)8(4,5)11-9;1-6-3-7(2)5-8(9)4-6/h4-7H,1H2,2-3H3;6H,1H2,2-5H3;3-5H,1-2H3. The quantitative estimate of drug-likeness (QED) is 0.416. The highest BCUT2D eigenvalue weighted by Gasteiger charge is 2.49. The summed E-state index contributed by atoms with van der Waals surface area (Å²) in [7, 11) is -0.250. The normalized spacial score (nSPS) is 16.0. The lowest BCUT2D eigenvalue weighted by Gasteiger charge is -2.32. The number of benzene rings is 2. The molecule has 0 radical (unpaired) electrons. The van der Waals surface area contributed by atoms with Crippen LogP contribution in [0.2, 0.25) is 0 Å². The summed E-state index contributed by atoms with van der Waals surface area (Å²) in [5, 5.41) is 0. The summed E-state index contributed by atoms with van der Waals surface area (Å²) >= 11 is 3.41. The molecule has 2 aromatic rings. The van der Waals surface area contributed by atoms with Gasteiger partial charge in [0.25, 0.3) is 0 Å². The summed E-state index contributed by atoms with van der Waals surface area (Å²) in [5.41, 5.74) is 5.96. The highest BCUT2D eigenvalue weighted by atomic mass is 79.9. The summed E-state index contributed by atoms with van der Waals surface area (Å²) in [6, 6.07) is 12.8. The molecule has 0 unspecified atom stereocenters. The molecule has 1 fully saturated rings. The van der Waals surface area contributed by atoms with Gasteiger partial charge in [0, 0.05) is 4.47 Å². The Balaban J connectivity index is 0.000000226.